The van der Waals surface area contributed by atoms with Crippen LogP contribution in [0.2, 0.25) is 0 Å². The van der Waals surface area contributed by atoms with Gasteiger partial charge in [0.2, 0.25) is 0 Å². The third-order valence-corrected chi connectivity index (χ3v) is 3.82. The van der Waals surface area contributed by atoms with E-state index in [-0.39, 0.29) is 17.2 Å². The zero-order valence-corrected chi connectivity index (χ0v) is 10.8. The van der Waals surface area contributed by atoms with E-state index in [9.17, 15) is 14.3 Å². The third-order valence-electron chi connectivity index (χ3n) is 2.90. The van der Waals surface area contributed by atoms with Crippen LogP contribution in [0.3, 0.4) is 0 Å². The van der Waals surface area contributed by atoms with E-state index in [0.717, 1.165) is 25.0 Å². The number of piperidine rings is 1. The first-order valence-electron chi connectivity index (χ1n) is 5.50. The lowest BCUT2D eigenvalue weighted by Gasteiger charge is -2.29. The van der Waals surface area contributed by atoms with Gasteiger partial charge in [-0.2, -0.15) is 0 Å². The molecule has 0 bridgehead atoms. The minimum Gasteiger partial charge on any atom is -0.507 e. The summed E-state index contributed by atoms with van der Waals surface area (Å²) >= 11 is 3.50. The Labute approximate surface area is 107 Å². The fourth-order valence-electron chi connectivity index (χ4n) is 1.90. The first-order valence-corrected chi connectivity index (χ1v) is 6.41. The molecule has 0 spiro atoms. The molecule has 0 saturated carbocycles. The molecule has 1 saturated heterocycles. The average Bonchev–Trinajstić information content (AvgIpc) is 2.32. The Morgan fingerprint density at radius 2 is 2.06 bits per heavy atom. The van der Waals surface area contributed by atoms with Gasteiger partial charge in [-0.3, -0.25) is 4.79 Å². The summed E-state index contributed by atoms with van der Waals surface area (Å²) < 4.78 is 13.0. The number of amides is 1. The Bertz CT molecular complexity index is 431. The molecule has 2 rings (SSSR count). The highest BCUT2D eigenvalue weighted by Crippen LogP contribution is 2.23. The highest BCUT2D eigenvalue weighted by atomic mass is 79.9. The van der Waals surface area contributed by atoms with Gasteiger partial charge in [0.1, 0.15) is 11.6 Å². The second-order valence-corrected chi connectivity index (χ2v) is 5.42. The summed E-state index contributed by atoms with van der Waals surface area (Å²) in [5.74, 6) is -0.986. The molecule has 1 aromatic carbocycles. The van der Waals surface area contributed by atoms with Crippen LogP contribution in [0.5, 0.6) is 5.75 Å². The molecule has 1 aliphatic rings. The third kappa shape index (κ3) is 2.77. The number of hydrogen-bond acceptors (Lipinski definition) is 2. The minimum atomic E-state index is -0.512. The average molecular weight is 302 g/mol. The molecule has 1 N–H and O–H groups in total. The number of hydrogen-bond donors (Lipinski definition) is 1. The van der Waals surface area contributed by atoms with Crippen molar-refractivity contribution in [2.45, 2.75) is 17.7 Å². The Morgan fingerprint density at radius 3 is 2.71 bits per heavy atom. The number of rotatable bonds is 1. The number of nitrogens with zero attached hydrogens (tertiary/aromatic N) is 1. The summed E-state index contributed by atoms with van der Waals surface area (Å²) in [7, 11) is 0. The number of phenolic OH excluding ortho intramolecular Hbond substituents is 1. The molecule has 0 aliphatic carbocycles. The number of benzene rings is 1. The van der Waals surface area contributed by atoms with Crippen LogP contribution in [0, 0.1) is 5.82 Å². The number of phenols is 1. The highest BCUT2D eigenvalue weighted by Gasteiger charge is 2.24. The minimum absolute atomic E-state index is 0.0398. The molecule has 5 heteroatoms. The molecular formula is C12H13BrFNO2. The molecular weight excluding hydrogens is 289 g/mol. The van der Waals surface area contributed by atoms with Gasteiger partial charge in [-0.1, -0.05) is 15.9 Å². The number of carbonyl (C=O) groups is 1. The van der Waals surface area contributed by atoms with Crippen LogP contribution in [-0.2, 0) is 0 Å². The predicted molar refractivity (Wildman–Crippen MR) is 65.9 cm³/mol. The van der Waals surface area contributed by atoms with Crippen LogP contribution in [-0.4, -0.2) is 33.8 Å². The molecule has 17 heavy (non-hydrogen) atoms. The smallest absolute Gasteiger partial charge is 0.257 e. The predicted octanol–water partition coefficient (Wildman–Crippen LogP) is 2.53. The number of alkyl halides is 1. The fourth-order valence-corrected chi connectivity index (χ4v) is 2.31. The van der Waals surface area contributed by atoms with Crippen molar-refractivity contribution in [3.63, 3.8) is 0 Å². The SMILES string of the molecule is O=C(c1cc(F)ccc1O)N1CCC(Br)CC1. The lowest BCUT2D eigenvalue weighted by Crippen LogP contribution is -2.38. The van der Waals surface area contributed by atoms with Crippen molar-refractivity contribution in [2.75, 3.05) is 13.1 Å². The monoisotopic (exact) mass is 301 g/mol. The van der Waals surface area contributed by atoms with Crippen LogP contribution in [0.15, 0.2) is 18.2 Å². The van der Waals surface area contributed by atoms with E-state index in [0.29, 0.717) is 17.9 Å². The Morgan fingerprint density at radius 1 is 1.41 bits per heavy atom. The second kappa shape index (κ2) is 5.04. The Kier molecular flexibility index (Phi) is 3.66. The molecule has 1 aliphatic heterocycles. The van der Waals surface area contributed by atoms with Gasteiger partial charge in [-0.05, 0) is 31.0 Å². The van der Waals surface area contributed by atoms with Crippen LogP contribution in [0.25, 0.3) is 0 Å². The van der Waals surface area contributed by atoms with Crippen molar-refractivity contribution in [2.24, 2.45) is 0 Å². The largest absolute Gasteiger partial charge is 0.507 e. The van der Waals surface area contributed by atoms with Crippen molar-refractivity contribution < 1.29 is 14.3 Å². The molecule has 0 radical (unpaired) electrons. The normalized spacial score (nSPS) is 17.2. The van der Waals surface area contributed by atoms with E-state index in [1.54, 1.807) is 4.90 Å². The molecule has 0 atom stereocenters. The maximum atomic E-state index is 13.0. The molecule has 1 fully saturated rings. The summed E-state index contributed by atoms with van der Waals surface area (Å²) in [4.78, 5) is 14.1. The fraction of sp³-hybridized carbons (Fsp3) is 0.417. The van der Waals surface area contributed by atoms with E-state index in [2.05, 4.69) is 15.9 Å². The first-order chi connectivity index (χ1) is 8.08. The second-order valence-electron chi connectivity index (χ2n) is 4.13. The van der Waals surface area contributed by atoms with E-state index < -0.39 is 5.82 Å². The topological polar surface area (TPSA) is 40.5 Å². The van der Waals surface area contributed by atoms with Gasteiger partial charge in [0, 0.05) is 17.9 Å². The van der Waals surface area contributed by atoms with Crippen molar-refractivity contribution in [3.05, 3.63) is 29.6 Å². The van der Waals surface area contributed by atoms with E-state index in [1.165, 1.54) is 6.07 Å². The quantitative estimate of drug-likeness (QED) is 0.810. The standard InChI is InChI=1S/C12H13BrFNO2/c13-8-3-5-15(6-4-8)12(17)10-7-9(14)1-2-11(10)16/h1-2,7-8,16H,3-6H2. The van der Waals surface area contributed by atoms with Crippen molar-refractivity contribution in [1.82, 2.24) is 4.90 Å². The van der Waals surface area contributed by atoms with Gasteiger partial charge >= 0.3 is 0 Å². The number of carbonyl (C=O) groups excluding carboxylic acids is 1. The van der Waals surface area contributed by atoms with E-state index in [1.807, 2.05) is 0 Å². The van der Waals surface area contributed by atoms with Crippen LogP contribution < -0.4 is 0 Å². The number of aromatic hydroxyl groups is 1. The lowest BCUT2D eigenvalue weighted by atomic mass is 10.1. The van der Waals surface area contributed by atoms with Crippen LogP contribution in [0.1, 0.15) is 23.2 Å². The van der Waals surface area contributed by atoms with Crippen molar-refractivity contribution in [1.29, 1.82) is 0 Å². The summed E-state index contributed by atoms with van der Waals surface area (Å²) in [6, 6.07) is 3.43. The summed E-state index contributed by atoms with van der Waals surface area (Å²) in [6.45, 7) is 1.26. The zero-order valence-electron chi connectivity index (χ0n) is 9.20. The van der Waals surface area contributed by atoms with E-state index >= 15 is 0 Å². The summed E-state index contributed by atoms with van der Waals surface area (Å²) in [5.41, 5.74) is 0.0398. The molecule has 1 heterocycles. The molecule has 1 amide bonds. The summed E-state index contributed by atoms with van der Waals surface area (Å²) in [5, 5.41) is 9.56. The Hall–Kier alpha value is -1.10. The van der Waals surface area contributed by atoms with Crippen molar-refractivity contribution in [3.8, 4) is 5.75 Å². The molecule has 0 aromatic heterocycles. The van der Waals surface area contributed by atoms with Gasteiger partial charge in [0.15, 0.2) is 0 Å². The van der Waals surface area contributed by atoms with E-state index in [4.69, 9.17) is 0 Å². The molecule has 92 valence electrons. The van der Waals surface area contributed by atoms with Crippen LogP contribution >= 0.6 is 15.9 Å². The van der Waals surface area contributed by atoms with Crippen molar-refractivity contribution >= 4 is 21.8 Å². The molecule has 0 unspecified atom stereocenters. The first kappa shape index (κ1) is 12.4. The maximum Gasteiger partial charge on any atom is 0.257 e. The van der Waals surface area contributed by atoms with Gasteiger partial charge in [0.25, 0.3) is 5.91 Å². The number of halogens is 2. The van der Waals surface area contributed by atoms with Gasteiger partial charge in [0.05, 0.1) is 5.56 Å². The van der Waals surface area contributed by atoms with Gasteiger partial charge in [-0.25, -0.2) is 4.39 Å². The van der Waals surface area contributed by atoms with Crippen LogP contribution in [0.4, 0.5) is 4.39 Å². The lowest BCUT2D eigenvalue weighted by molar-refractivity contribution is 0.0725. The molecule has 3 nitrogen and oxygen atoms in total. The maximum absolute atomic E-state index is 13.0. The summed E-state index contributed by atoms with van der Waals surface area (Å²) in [6.07, 6.45) is 1.75. The molecule has 1 aromatic rings. The van der Waals surface area contributed by atoms with Gasteiger partial charge < -0.3 is 10.0 Å². The van der Waals surface area contributed by atoms with Gasteiger partial charge in [-0.15, -0.1) is 0 Å². The highest BCUT2D eigenvalue weighted by molar-refractivity contribution is 9.09. The Balaban J connectivity index is 2.16. The number of likely N-dealkylation sites (tertiary alicyclic amines) is 1. The zero-order chi connectivity index (χ0) is 12.4.